The standard InChI is InChI=1S/C10H17N3O2S/c1-5-7-11-12-10(16)13(7)8(6(2)3)9(14)15-4/h6,8H,5H2,1-4H3,(H,12,16). The first-order chi connectivity index (χ1) is 7.52. The molecule has 0 aliphatic heterocycles. The van der Waals surface area contributed by atoms with Crippen molar-refractivity contribution >= 4 is 18.2 Å². The highest BCUT2D eigenvalue weighted by molar-refractivity contribution is 7.71. The molecule has 0 spiro atoms. The molecule has 1 N–H and O–H groups in total. The maximum atomic E-state index is 11.7. The number of hydrogen-bond donors (Lipinski definition) is 1. The number of aryl methyl sites for hydroxylation is 1. The van der Waals surface area contributed by atoms with Crippen LogP contribution in [0.3, 0.4) is 0 Å². The van der Waals surface area contributed by atoms with Crippen molar-refractivity contribution in [1.29, 1.82) is 0 Å². The monoisotopic (exact) mass is 243 g/mol. The van der Waals surface area contributed by atoms with Crippen LogP contribution in [-0.2, 0) is 16.0 Å². The number of methoxy groups -OCH3 is 1. The Morgan fingerprint density at radius 1 is 1.62 bits per heavy atom. The number of aromatic amines is 1. The molecular formula is C10H17N3O2S. The number of nitrogens with zero attached hydrogens (tertiary/aromatic N) is 2. The second-order valence-electron chi connectivity index (χ2n) is 3.88. The fraction of sp³-hybridized carbons (Fsp3) is 0.700. The first-order valence-corrected chi connectivity index (χ1v) is 5.67. The first-order valence-electron chi connectivity index (χ1n) is 5.26. The zero-order valence-corrected chi connectivity index (χ0v) is 10.8. The molecule has 5 nitrogen and oxygen atoms in total. The van der Waals surface area contributed by atoms with Crippen LogP contribution in [0, 0.1) is 10.7 Å². The lowest BCUT2D eigenvalue weighted by atomic mass is 10.0. The predicted molar refractivity (Wildman–Crippen MR) is 62.7 cm³/mol. The van der Waals surface area contributed by atoms with Crippen LogP contribution in [0.5, 0.6) is 0 Å². The third-order valence-corrected chi connectivity index (χ3v) is 2.73. The molecule has 1 aromatic heterocycles. The third-order valence-electron chi connectivity index (χ3n) is 2.45. The highest BCUT2D eigenvalue weighted by Crippen LogP contribution is 2.21. The number of rotatable bonds is 4. The molecule has 0 fully saturated rings. The zero-order valence-electron chi connectivity index (χ0n) is 9.98. The van der Waals surface area contributed by atoms with Gasteiger partial charge in [0.2, 0.25) is 0 Å². The number of nitrogens with one attached hydrogen (secondary N) is 1. The molecule has 0 saturated heterocycles. The second kappa shape index (κ2) is 5.25. The molecular weight excluding hydrogens is 226 g/mol. The van der Waals surface area contributed by atoms with Crippen LogP contribution in [0.4, 0.5) is 0 Å². The van der Waals surface area contributed by atoms with Gasteiger partial charge in [0, 0.05) is 6.42 Å². The van der Waals surface area contributed by atoms with Crippen molar-refractivity contribution in [1.82, 2.24) is 14.8 Å². The zero-order chi connectivity index (χ0) is 12.3. The van der Waals surface area contributed by atoms with E-state index in [-0.39, 0.29) is 11.9 Å². The maximum absolute atomic E-state index is 11.7. The topological polar surface area (TPSA) is 59.9 Å². The highest BCUT2D eigenvalue weighted by atomic mass is 32.1. The molecule has 16 heavy (non-hydrogen) atoms. The highest BCUT2D eigenvalue weighted by Gasteiger charge is 2.27. The summed E-state index contributed by atoms with van der Waals surface area (Å²) in [5.74, 6) is 0.582. The van der Waals surface area contributed by atoms with E-state index in [1.165, 1.54) is 7.11 Å². The van der Waals surface area contributed by atoms with E-state index in [9.17, 15) is 4.79 Å². The van der Waals surface area contributed by atoms with Crippen LogP contribution in [0.25, 0.3) is 0 Å². The van der Waals surface area contributed by atoms with Crippen molar-refractivity contribution in [2.24, 2.45) is 5.92 Å². The summed E-state index contributed by atoms with van der Waals surface area (Å²) in [6, 6.07) is -0.411. The lowest BCUT2D eigenvalue weighted by Crippen LogP contribution is -2.27. The molecule has 0 saturated carbocycles. The Balaban J connectivity index is 3.25. The largest absolute Gasteiger partial charge is 0.467 e. The lowest BCUT2D eigenvalue weighted by molar-refractivity contribution is -0.146. The van der Waals surface area contributed by atoms with Crippen LogP contribution in [0.15, 0.2) is 0 Å². The van der Waals surface area contributed by atoms with Crippen molar-refractivity contribution in [2.45, 2.75) is 33.2 Å². The minimum Gasteiger partial charge on any atom is -0.467 e. The molecule has 6 heteroatoms. The van der Waals surface area contributed by atoms with Gasteiger partial charge in [0.25, 0.3) is 0 Å². The summed E-state index contributed by atoms with van der Waals surface area (Å²) in [4.78, 5) is 11.7. The SMILES string of the molecule is CCc1n[nH]c(=S)n1C(C(=O)OC)C(C)C. The predicted octanol–water partition coefficient (Wildman–Crippen LogP) is 1.87. The summed E-state index contributed by atoms with van der Waals surface area (Å²) in [7, 11) is 1.38. The molecule has 1 atom stereocenters. The van der Waals surface area contributed by atoms with E-state index in [2.05, 4.69) is 10.2 Å². The van der Waals surface area contributed by atoms with Crippen LogP contribution in [0.2, 0.25) is 0 Å². The van der Waals surface area contributed by atoms with Crippen LogP contribution in [0.1, 0.15) is 32.6 Å². The fourth-order valence-corrected chi connectivity index (χ4v) is 1.93. The van der Waals surface area contributed by atoms with E-state index in [1.807, 2.05) is 20.8 Å². The molecule has 0 amide bonds. The molecule has 0 aliphatic carbocycles. The Hall–Kier alpha value is -1.17. The number of esters is 1. The van der Waals surface area contributed by atoms with Crippen LogP contribution < -0.4 is 0 Å². The Bertz CT molecular complexity index is 422. The van der Waals surface area contributed by atoms with E-state index in [4.69, 9.17) is 17.0 Å². The Labute approximate surface area is 99.8 Å². The summed E-state index contributed by atoms with van der Waals surface area (Å²) in [6.45, 7) is 5.88. The number of ether oxygens (including phenoxy) is 1. The molecule has 1 unspecified atom stereocenters. The minimum atomic E-state index is -0.411. The molecule has 1 heterocycles. The van der Waals surface area contributed by atoms with Crippen LogP contribution in [-0.4, -0.2) is 27.8 Å². The summed E-state index contributed by atoms with van der Waals surface area (Å²) in [6.07, 6.45) is 0.716. The molecule has 0 aliphatic rings. The van der Waals surface area contributed by atoms with E-state index >= 15 is 0 Å². The molecule has 1 rings (SSSR count). The van der Waals surface area contributed by atoms with Gasteiger partial charge in [-0.05, 0) is 18.1 Å². The molecule has 90 valence electrons. The van der Waals surface area contributed by atoms with Gasteiger partial charge in [0.05, 0.1) is 7.11 Å². The first kappa shape index (κ1) is 12.9. The van der Waals surface area contributed by atoms with Crippen LogP contribution >= 0.6 is 12.2 Å². The third kappa shape index (κ3) is 2.32. The minimum absolute atomic E-state index is 0.0991. The van der Waals surface area contributed by atoms with E-state index in [0.29, 0.717) is 11.2 Å². The van der Waals surface area contributed by atoms with Gasteiger partial charge in [-0.2, -0.15) is 5.10 Å². The van der Waals surface area contributed by atoms with Gasteiger partial charge in [-0.1, -0.05) is 20.8 Å². The summed E-state index contributed by atoms with van der Waals surface area (Å²) in [5, 5.41) is 6.80. The number of carbonyl (C=O) groups excluding carboxylic acids is 1. The normalized spacial score (nSPS) is 12.8. The van der Waals surface area contributed by atoms with Crippen molar-refractivity contribution in [3.8, 4) is 0 Å². The maximum Gasteiger partial charge on any atom is 0.329 e. The molecule has 1 aromatic rings. The smallest absolute Gasteiger partial charge is 0.329 e. The van der Waals surface area contributed by atoms with Gasteiger partial charge in [-0.15, -0.1) is 0 Å². The van der Waals surface area contributed by atoms with Gasteiger partial charge in [-0.3, -0.25) is 9.67 Å². The van der Waals surface area contributed by atoms with Gasteiger partial charge in [-0.25, -0.2) is 4.79 Å². The van der Waals surface area contributed by atoms with E-state index < -0.39 is 6.04 Å². The van der Waals surface area contributed by atoms with Crippen molar-refractivity contribution in [3.05, 3.63) is 10.6 Å². The fourth-order valence-electron chi connectivity index (χ4n) is 1.67. The van der Waals surface area contributed by atoms with Crippen molar-refractivity contribution in [2.75, 3.05) is 7.11 Å². The number of aromatic nitrogens is 3. The molecule has 0 aromatic carbocycles. The van der Waals surface area contributed by atoms with E-state index in [0.717, 1.165) is 5.82 Å². The van der Waals surface area contributed by atoms with Crippen molar-refractivity contribution in [3.63, 3.8) is 0 Å². The molecule has 0 bridgehead atoms. The molecule has 0 radical (unpaired) electrons. The van der Waals surface area contributed by atoms with Gasteiger partial charge < -0.3 is 4.74 Å². The number of H-pyrrole nitrogens is 1. The Morgan fingerprint density at radius 3 is 2.69 bits per heavy atom. The Morgan fingerprint density at radius 2 is 2.25 bits per heavy atom. The Kier molecular flexibility index (Phi) is 4.23. The van der Waals surface area contributed by atoms with Gasteiger partial charge in [0.15, 0.2) is 4.77 Å². The number of hydrogen-bond acceptors (Lipinski definition) is 4. The number of carbonyl (C=O) groups is 1. The average molecular weight is 243 g/mol. The van der Waals surface area contributed by atoms with Gasteiger partial charge in [0.1, 0.15) is 11.9 Å². The lowest BCUT2D eigenvalue weighted by Gasteiger charge is -2.20. The van der Waals surface area contributed by atoms with Crippen molar-refractivity contribution < 1.29 is 9.53 Å². The summed E-state index contributed by atoms with van der Waals surface area (Å²) >= 11 is 5.14. The van der Waals surface area contributed by atoms with Gasteiger partial charge >= 0.3 is 5.97 Å². The summed E-state index contributed by atoms with van der Waals surface area (Å²) in [5.41, 5.74) is 0. The second-order valence-corrected chi connectivity index (χ2v) is 4.27. The summed E-state index contributed by atoms with van der Waals surface area (Å²) < 4.78 is 7.01. The average Bonchev–Trinajstić information content (AvgIpc) is 2.60. The van der Waals surface area contributed by atoms with E-state index in [1.54, 1.807) is 4.57 Å². The quantitative estimate of drug-likeness (QED) is 0.648.